The Morgan fingerprint density at radius 2 is 1.93 bits per heavy atom. The number of hydrogen-bond acceptors (Lipinski definition) is 4. The molecule has 1 aromatic heterocycles. The van der Waals surface area contributed by atoms with Crippen LogP contribution in [0.25, 0.3) is 0 Å². The van der Waals surface area contributed by atoms with Gasteiger partial charge in [-0.15, -0.1) is 0 Å². The summed E-state index contributed by atoms with van der Waals surface area (Å²) in [5.74, 6) is 1.17. The van der Waals surface area contributed by atoms with E-state index in [0.717, 1.165) is 24.9 Å². The van der Waals surface area contributed by atoms with Crippen molar-refractivity contribution in [3.05, 3.63) is 48.2 Å². The van der Waals surface area contributed by atoms with E-state index in [0.29, 0.717) is 29.8 Å². The lowest BCUT2D eigenvalue weighted by atomic mass is 9.94. The number of aromatic nitrogens is 1. The molecule has 1 aliphatic heterocycles. The van der Waals surface area contributed by atoms with Gasteiger partial charge in [0.2, 0.25) is 5.91 Å². The number of ether oxygens (including phenoxy) is 1. The third-order valence-electron chi connectivity index (χ3n) is 5.91. The summed E-state index contributed by atoms with van der Waals surface area (Å²) in [6, 6.07) is 11.5. The molecule has 2 heterocycles. The fourth-order valence-electron chi connectivity index (χ4n) is 4.34. The third-order valence-corrected chi connectivity index (χ3v) is 5.91. The summed E-state index contributed by atoms with van der Waals surface area (Å²) >= 11 is 0. The maximum atomic E-state index is 12.9. The predicted octanol–water partition coefficient (Wildman–Crippen LogP) is 3.85. The van der Waals surface area contributed by atoms with Gasteiger partial charge in [0.1, 0.15) is 11.6 Å². The second-order valence-electron chi connectivity index (χ2n) is 7.86. The van der Waals surface area contributed by atoms with E-state index in [1.807, 2.05) is 29.2 Å². The summed E-state index contributed by atoms with van der Waals surface area (Å²) in [7, 11) is 1.59. The standard InChI is InChI=1S/C23H28N4O3/c1-30-20-10-6-5-7-17(20)15-22(28)25-18-11-12-21(24-16-18)27-14-13-26(23(27)29)19-8-3-2-4-9-19/h5-7,10-12,16,19H,2-4,8-9,13-15H2,1H3,(H,25,28). The molecule has 1 saturated carbocycles. The lowest BCUT2D eigenvalue weighted by Gasteiger charge is -2.30. The minimum absolute atomic E-state index is 0.0439. The molecule has 1 aromatic carbocycles. The smallest absolute Gasteiger partial charge is 0.326 e. The number of methoxy groups -OCH3 is 1. The van der Waals surface area contributed by atoms with Gasteiger partial charge in [-0.25, -0.2) is 9.78 Å². The van der Waals surface area contributed by atoms with Gasteiger partial charge >= 0.3 is 6.03 Å². The molecular formula is C23H28N4O3. The summed E-state index contributed by atoms with van der Waals surface area (Å²) in [5.41, 5.74) is 1.43. The van der Waals surface area contributed by atoms with Gasteiger partial charge in [-0.2, -0.15) is 0 Å². The summed E-state index contributed by atoms with van der Waals surface area (Å²) in [5, 5.41) is 2.86. The van der Waals surface area contributed by atoms with Crippen LogP contribution < -0.4 is 15.0 Å². The molecule has 0 spiro atoms. The number of carbonyl (C=O) groups excluding carboxylic acids is 2. The van der Waals surface area contributed by atoms with Crippen molar-refractivity contribution in [3.8, 4) is 5.75 Å². The molecule has 0 radical (unpaired) electrons. The first kappa shape index (κ1) is 20.2. The quantitative estimate of drug-likeness (QED) is 0.788. The highest BCUT2D eigenvalue weighted by atomic mass is 16.5. The Kier molecular flexibility index (Phi) is 6.16. The number of urea groups is 1. The van der Waals surface area contributed by atoms with E-state index in [4.69, 9.17) is 4.74 Å². The fraction of sp³-hybridized carbons (Fsp3) is 0.435. The van der Waals surface area contributed by atoms with Crippen molar-refractivity contribution in [1.29, 1.82) is 0 Å². The van der Waals surface area contributed by atoms with E-state index >= 15 is 0 Å². The Bertz CT molecular complexity index is 894. The molecule has 0 unspecified atom stereocenters. The van der Waals surface area contributed by atoms with E-state index in [-0.39, 0.29) is 18.4 Å². The third kappa shape index (κ3) is 4.40. The molecule has 158 valence electrons. The Labute approximate surface area is 177 Å². The number of nitrogens with zero attached hydrogens (tertiary/aromatic N) is 3. The first-order valence-electron chi connectivity index (χ1n) is 10.6. The zero-order chi connectivity index (χ0) is 20.9. The van der Waals surface area contributed by atoms with E-state index in [1.54, 1.807) is 30.3 Å². The van der Waals surface area contributed by atoms with Gasteiger partial charge in [0.15, 0.2) is 0 Å². The van der Waals surface area contributed by atoms with E-state index < -0.39 is 0 Å². The molecule has 7 nitrogen and oxygen atoms in total. The molecule has 1 aliphatic carbocycles. The highest BCUT2D eigenvalue weighted by molar-refractivity contribution is 5.94. The Hall–Kier alpha value is -3.09. The highest BCUT2D eigenvalue weighted by Crippen LogP contribution is 2.28. The molecule has 2 aliphatic rings. The van der Waals surface area contributed by atoms with Crippen molar-refractivity contribution in [2.24, 2.45) is 0 Å². The topological polar surface area (TPSA) is 74.8 Å². The summed E-state index contributed by atoms with van der Waals surface area (Å²) in [6.07, 6.45) is 7.70. The number of anilines is 2. The van der Waals surface area contributed by atoms with Crippen LogP contribution in [0.15, 0.2) is 42.6 Å². The lowest BCUT2D eigenvalue weighted by Crippen LogP contribution is -2.40. The number of rotatable bonds is 6. The monoisotopic (exact) mass is 408 g/mol. The number of amides is 3. The Balaban J connectivity index is 1.36. The Morgan fingerprint density at radius 3 is 2.67 bits per heavy atom. The average molecular weight is 409 g/mol. The first-order valence-corrected chi connectivity index (χ1v) is 10.6. The average Bonchev–Trinajstić information content (AvgIpc) is 3.16. The predicted molar refractivity (Wildman–Crippen MR) is 116 cm³/mol. The van der Waals surface area contributed by atoms with Crippen LogP contribution in [0, 0.1) is 0 Å². The second-order valence-corrected chi connectivity index (χ2v) is 7.86. The van der Waals surface area contributed by atoms with Gasteiger partial charge in [-0.1, -0.05) is 37.5 Å². The maximum absolute atomic E-state index is 12.9. The zero-order valence-electron chi connectivity index (χ0n) is 17.3. The van der Waals surface area contributed by atoms with Gasteiger partial charge in [0.05, 0.1) is 25.4 Å². The number of para-hydroxylation sites is 1. The van der Waals surface area contributed by atoms with Crippen molar-refractivity contribution in [2.75, 3.05) is 30.4 Å². The largest absolute Gasteiger partial charge is 0.496 e. The summed E-state index contributed by atoms with van der Waals surface area (Å²) in [4.78, 5) is 33.4. The molecule has 2 fully saturated rings. The minimum atomic E-state index is -0.144. The van der Waals surface area contributed by atoms with Crippen LogP contribution in [0.4, 0.5) is 16.3 Å². The second kappa shape index (κ2) is 9.15. The molecule has 1 saturated heterocycles. The van der Waals surface area contributed by atoms with Crippen LogP contribution >= 0.6 is 0 Å². The molecule has 2 aromatic rings. The van der Waals surface area contributed by atoms with Crippen molar-refractivity contribution in [3.63, 3.8) is 0 Å². The Morgan fingerprint density at radius 1 is 1.13 bits per heavy atom. The summed E-state index contributed by atoms with van der Waals surface area (Å²) < 4.78 is 5.30. The van der Waals surface area contributed by atoms with E-state index in [9.17, 15) is 9.59 Å². The molecule has 30 heavy (non-hydrogen) atoms. The first-order chi connectivity index (χ1) is 14.7. The minimum Gasteiger partial charge on any atom is -0.496 e. The molecule has 0 atom stereocenters. The van der Waals surface area contributed by atoms with Crippen LogP contribution in [0.5, 0.6) is 5.75 Å². The van der Waals surface area contributed by atoms with Gasteiger partial charge < -0.3 is 15.0 Å². The van der Waals surface area contributed by atoms with Crippen molar-refractivity contribution in [1.82, 2.24) is 9.88 Å². The molecule has 0 bridgehead atoms. The van der Waals surface area contributed by atoms with E-state index in [1.165, 1.54) is 19.3 Å². The van der Waals surface area contributed by atoms with Crippen molar-refractivity contribution >= 4 is 23.4 Å². The maximum Gasteiger partial charge on any atom is 0.326 e. The normalized spacial score (nSPS) is 17.3. The van der Waals surface area contributed by atoms with Gasteiger partial charge in [0.25, 0.3) is 0 Å². The highest BCUT2D eigenvalue weighted by Gasteiger charge is 2.35. The number of nitrogens with one attached hydrogen (secondary N) is 1. The molecular weight excluding hydrogens is 380 g/mol. The van der Waals surface area contributed by atoms with Crippen LogP contribution in [-0.4, -0.2) is 48.1 Å². The number of hydrogen-bond donors (Lipinski definition) is 1. The number of benzene rings is 1. The van der Waals surface area contributed by atoms with Gasteiger partial charge in [0, 0.05) is 24.7 Å². The van der Waals surface area contributed by atoms with Gasteiger partial charge in [-0.05, 0) is 31.0 Å². The van der Waals surface area contributed by atoms with Crippen LogP contribution in [0.2, 0.25) is 0 Å². The summed E-state index contributed by atoms with van der Waals surface area (Å²) in [6.45, 7) is 1.41. The van der Waals surface area contributed by atoms with Crippen LogP contribution in [-0.2, 0) is 11.2 Å². The van der Waals surface area contributed by atoms with Crippen molar-refractivity contribution < 1.29 is 14.3 Å². The number of carbonyl (C=O) groups is 2. The van der Waals surface area contributed by atoms with Crippen LogP contribution in [0.3, 0.4) is 0 Å². The molecule has 1 N–H and O–H groups in total. The van der Waals surface area contributed by atoms with E-state index in [2.05, 4.69) is 10.3 Å². The lowest BCUT2D eigenvalue weighted by molar-refractivity contribution is -0.115. The molecule has 7 heteroatoms. The zero-order valence-corrected chi connectivity index (χ0v) is 17.3. The molecule has 3 amide bonds. The molecule has 4 rings (SSSR count). The fourth-order valence-corrected chi connectivity index (χ4v) is 4.34. The number of pyridine rings is 1. The van der Waals surface area contributed by atoms with Gasteiger partial charge in [-0.3, -0.25) is 9.69 Å². The van der Waals surface area contributed by atoms with Crippen molar-refractivity contribution in [2.45, 2.75) is 44.6 Å². The van der Waals surface area contributed by atoms with Crippen LogP contribution in [0.1, 0.15) is 37.7 Å². The SMILES string of the molecule is COc1ccccc1CC(=O)Nc1ccc(N2CCN(C3CCCCC3)C2=O)nc1.